The zero-order chi connectivity index (χ0) is 20.9. The third kappa shape index (κ3) is 4.58. The summed E-state index contributed by atoms with van der Waals surface area (Å²) in [5.74, 6) is 1.37. The molecule has 0 aliphatic carbocycles. The Morgan fingerprint density at radius 3 is 2.57 bits per heavy atom. The van der Waals surface area contributed by atoms with Crippen molar-refractivity contribution in [3.05, 3.63) is 66.2 Å². The number of amides is 1. The summed E-state index contributed by atoms with van der Waals surface area (Å²) in [6.07, 6.45) is 0. The zero-order valence-corrected chi connectivity index (χ0v) is 17.3. The van der Waals surface area contributed by atoms with E-state index in [1.807, 2.05) is 42.5 Å². The zero-order valence-electron chi connectivity index (χ0n) is 17.3. The molecule has 154 valence electrons. The molecule has 1 fully saturated rings. The number of rotatable bonds is 5. The van der Waals surface area contributed by atoms with Crippen LogP contribution in [0, 0.1) is 0 Å². The minimum atomic E-state index is -0.190. The molecule has 1 amide bonds. The second kappa shape index (κ2) is 8.92. The van der Waals surface area contributed by atoms with Crippen LogP contribution in [0.15, 0.2) is 60.7 Å². The molecule has 1 aliphatic rings. The summed E-state index contributed by atoms with van der Waals surface area (Å²) in [7, 11) is 3.80. The van der Waals surface area contributed by atoms with Gasteiger partial charge in [-0.2, -0.15) is 0 Å². The molecule has 4 rings (SSSR count). The van der Waals surface area contributed by atoms with Gasteiger partial charge in [-0.25, -0.2) is 0 Å². The second-order valence-corrected chi connectivity index (χ2v) is 7.49. The van der Waals surface area contributed by atoms with E-state index in [0.717, 1.165) is 43.3 Å². The van der Waals surface area contributed by atoms with Crippen LogP contribution in [0.4, 0.5) is 11.5 Å². The van der Waals surface area contributed by atoms with Gasteiger partial charge in [0.2, 0.25) is 0 Å². The van der Waals surface area contributed by atoms with Crippen LogP contribution in [0.1, 0.15) is 10.4 Å². The van der Waals surface area contributed by atoms with Crippen molar-refractivity contribution in [1.29, 1.82) is 0 Å². The van der Waals surface area contributed by atoms with Gasteiger partial charge in [0.15, 0.2) is 5.82 Å². The standard InChI is InChI=1S/C23H25N5O2/c1-27-11-13-28(14-12-27)22-10-9-21(25-26-22)17-5-3-7-19(15-17)24-23(29)18-6-4-8-20(16-18)30-2/h3-10,15-16H,11-14H2,1-2H3,(H,24,29)/p+1. The first-order valence-corrected chi connectivity index (χ1v) is 10.1. The van der Waals surface area contributed by atoms with Crippen LogP contribution < -0.4 is 19.9 Å². The minimum Gasteiger partial charge on any atom is -0.497 e. The van der Waals surface area contributed by atoms with E-state index in [2.05, 4.69) is 27.5 Å². The molecule has 0 unspecified atom stereocenters. The lowest BCUT2D eigenvalue weighted by Gasteiger charge is -2.30. The molecule has 2 aromatic carbocycles. The smallest absolute Gasteiger partial charge is 0.255 e. The lowest BCUT2D eigenvalue weighted by molar-refractivity contribution is -0.880. The molecule has 0 atom stereocenters. The first-order chi connectivity index (χ1) is 14.6. The average Bonchev–Trinajstić information content (AvgIpc) is 2.80. The van der Waals surface area contributed by atoms with Crippen LogP contribution >= 0.6 is 0 Å². The van der Waals surface area contributed by atoms with Gasteiger partial charge in [-0.1, -0.05) is 18.2 Å². The highest BCUT2D eigenvalue weighted by molar-refractivity contribution is 6.04. The van der Waals surface area contributed by atoms with Crippen LogP contribution in [0.2, 0.25) is 0 Å². The van der Waals surface area contributed by atoms with Crippen LogP contribution in [-0.4, -0.2) is 56.4 Å². The number of hydrogen-bond acceptors (Lipinski definition) is 5. The van der Waals surface area contributed by atoms with Crippen molar-refractivity contribution in [1.82, 2.24) is 10.2 Å². The number of methoxy groups -OCH3 is 1. The predicted molar refractivity (Wildman–Crippen MR) is 117 cm³/mol. The largest absolute Gasteiger partial charge is 0.497 e. The highest BCUT2D eigenvalue weighted by atomic mass is 16.5. The average molecular weight is 404 g/mol. The van der Waals surface area contributed by atoms with Crippen molar-refractivity contribution >= 4 is 17.4 Å². The lowest BCUT2D eigenvalue weighted by Crippen LogP contribution is -3.12. The molecule has 0 saturated carbocycles. The van der Waals surface area contributed by atoms with E-state index < -0.39 is 0 Å². The first-order valence-electron chi connectivity index (χ1n) is 10.1. The highest BCUT2D eigenvalue weighted by Gasteiger charge is 2.18. The number of likely N-dealkylation sites (N-methyl/N-ethyl adjacent to an activating group) is 1. The fourth-order valence-corrected chi connectivity index (χ4v) is 3.49. The molecule has 1 saturated heterocycles. The first kappa shape index (κ1) is 19.8. The maximum atomic E-state index is 12.6. The summed E-state index contributed by atoms with van der Waals surface area (Å²) in [6.45, 7) is 4.20. The molecule has 0 bridgehead atoms. The minimum absolute atomic E-state index is 0.190. The molecule has 1 aromatic heterocycles. The maximum Gasteiger partial charge on any atom is 0.255 e. The van der Waals surface area contributed by atoms with Crippen LogP contribution in [-0.2, 0) is 0 Å². The lowest BCUT2D eigenvalue weighted by atomic mass is 10.1. The van der Waals surface area contributed by atoms with E-state index in [4.69, 9.17) is 4.74 Å². The Balaban J connectivity index is 1.47. The summed E-state index contributed by atoms with van der Waals surface area (Å²) in [6, 6.07) is 18.7. The topological polar surface area (TPSA) is 71.8 Å². The molecule has 7 heteroatoms. The Bertz CT molecular complexity index is 1010. The number of piperazine rings is 1. The van der Waals surface area contributed by atoms with Gasteiger partial charge in [0.1, 0.15) is 5.75 Å². The summed E-state index contributed by atoms with van der Waals surface area (Å²) in [5, 5.41) is 11.8. The number of ether oxygens (including phenoxy) is 1. The number of carbonyl (C=O) groups excluding carboxylic acids is 1. The Morgan fingerprint density at radius 2 is 1.83 bits per heavy atom. The van der Waals surface area contributed by atoms with Gasteiger partial charge in [0, 0.05) is 16.8 Å². The molecule has 2 N–H and O–H groups in total. The second-order valence-electron chi connectivity index (χ2n) is 7.49. The van der Waals surface area contributed by atoms with Crippen molar-refractivity contribution in [2.75, 3.05) is 50.6 Å². The molecule has 3 aromatic rings. The number of anilines is 2. The van der Waals surface area contributed by atoms with E-state index in [-0.39, 0.29) is 5.91 Å². The summed E-state index contributed by atoms with van der Waals surface area (Å²) < 4.78 is 5.19. The van der Waals surface area contributed by atoms with Crippen molar-refractivity contribution in [2.24, 2.45) is 0 Å². The fraction of sp³-hybridized carbons (Fsp3) is 0.261. The molecule has 0 spiro atoms. The Morgan fingerprint density at radius 1 is 1.03 bits per heavy atom. The van der Waals surface area contributed by atoms with Crippen molar-refractivity contribution in [2.45, 2.75) is 0 Å². The summed E-state index contributed by atoms with van der Waals surface area (Å²) in [5.41, 5.74) is 2.92. The summed E-state index contributed by atoms with van der Waals surface area (Å²) in [4.78, 5) is 16.4. The number of hydrogen-bond donors (Lipinski definition) is 2. The van der Waals surface area contributed by atoms with Gasteiger partial charge >= 0.3 is 0 Å². The molecule has 0 radical (unpaired) electrons. The van der Waals surface area contributed by atoms with Crippen LogP contribution in [0.25, 0.3) is 11.3 Å². The number of aromatic nitrogens is 2. The fourth-order valence-electron chi connectivity index (χ4n) is 3.49. The van der Waals surface area contributed by atoms with Gasteiger partial charge in [-0.05, 0) is 42.5 Å². The predicted octanol–water partition coefficient (Wildman–Crippen LogP) is 1.74. The molecule has 1 aliphatic heterocycles. The Kier molecular flexibility index (Phi) is 5.90. The van der Waals surface area contributed by atoms with Crippen LogP contribution in [0.5, 0.6) is 5.75 Å². The summed E-state index contributed by atoms with van der Waals surface area (Å²) >= 11 is 0. The maximum absolute atomic E-state index is 12.6. The number of carbonyl (C=O) groups is 1. The van der Waals surface area contributed by atoms with Crippen molar-refractivity contribution in [3.8, 4) is 17.0 Å². The van der Waals surface area contributed by atoms with E-state index in [9.17, 15) is 4.79 Å². The normalized spacial score (nSPS) is 14.4. The number of benzene rings is 2. The Labute approximate surface area is 176 Å². The number of quaternary nitrogens is 1. The molecule has 2 heterocycles. The van der Waals surface area contributed by atoms with Crippen molar-refractivity contribution in [3.63, 3.8) is 0 Å². The molecular weight excluding hydrogens is 378 g/mol. The monoisotopic (exact) mass is 404 g/mol. The molecule has 30 heavy (non-hydrogen) atoms. The van der Waals surface area contributed by atoms with E-state index in [0.29, 0.717) is 17.0 Å². The quantitative estimate of drug-likeness (QED) is 0.678. The number of nitrogens with one attached hydrogen (secondary N) is 2. The highest BCUT2D eigenvalue weighted by Crippen LogP contribution is 2.23. The SMILES string of the molecule is COc1cccc(C(=O)Nc2cccc(-c3ccc(N4CC[NH+](C)CC4)nn3)c2)c1. The third-order valence-corrected chi connectivity index (χ3v) is 5.34. The number of nitrogens with zero attached hydrogens (tertiary/aromatic N) is 3. The van der Waals surface area contributed by atoms with Gasteiger partial charge in [-0.3, -0.25) is 4.79 Å². The van der Waals surface area contributed by atoms with Gasteiger partial charge in [0.25, 0.3) is 5.91 Å². The Hall–Kier alpha value is -3.45. The van der Waals surface area contributed by atoms with E-state index in [1.165, 1.54) is 0 Å². The van der Waals surface area contributed by atoms with Crippen LogP contribution in [0.3, 0.4) is 0 Å². The third-order valence-electron chi connectivity index (χ3n) is 5.34. The van der Waals surface area contributed by atoms with Crippen molar-refractivity contribution < 1.29 is 14.4 Å². The van der Waals surface area contributed by atoms with Gasteiger partial charge in [-0.15, -0.1) is 10.2 Å². The van der Waals surface area contributed by atoms with E-state index in [1.54, 1.807) is 30.2 Å². The van der Waals surface area contributed by atoms with Gasteiger partial charge in [0.05, 0.1) is 46.0 Å². The molecular formula is C23H26N5O2+. The molecule has 7 nitrogen and oxygen atoms in total. The van der Waals surface area contributed by atoms with Gasteiger partial charge < -0.3 is 19.9 Å². The van der Waals surface area contributed by atoms with E-state index >= 15 is 0 Å².